The van der Waals surface area contributed by atoms with Gasteiger partial charge in [-0.15, -0.1) is 0 Å². The molecule has 0 aliphatic carbocycles. The van der Waals surface area contributed by atoms with Crippen molar-refractivity contribution < 1.29 is 27.5 Å². The summed E-state index contributed by atoms with van der Waals surface area (Å²) in [6, 6.07) is 4.86. The summed E-state index contributed by atoms with van der Waals surface area (Å²) >= 11 is 11.8. The van der Waals surface area contributed by atoms with Crippen LogP contribution in [0.5, 0.6) is 0 Å². The van der Waals surface area contributed by atoms with Crippen molar-refractivity contribution >= 4 is 29.2 Å². The van der Waals surface area contributed by atoms with E-state index in [1.165, 1.54) is 12.1 Å². The minimum Gasteiger partial charge on any atom is -0.480 e. The predicted molar refractivity (Wildman–Crippen MR) is 119 cm³/mol. The number of rotatable bonds is 4. The third-order valence-electron chi connectivity index (χ3n) is 5.94. The molecule has 10 heteroatoms. The molecule has 4 N–H and O–H groups in total. The van der Waals surface area contributed by atoms with Crippen LogP contribution < -0.4 is 11.1 Å². The first-order valence-corrected chi connectivity index (χ1v) is 10.9. The summed E-state index contributed by atoms with van der Waals surface area (Å²) in [4.78, 5) is 12.2. The maximum absolute atomic E-state index is 15.2. The third kappa shape index (κ3) is 4.99. The van der Waals surface area contributed by atoms with Crippen molar-refractivity contribution in [3.63, 3.8) is 0 Å². The maximum Gasteiger partial charge on any atom is 0.417 e. The average Bonchev–Trinajstić information content (AvgIpc) is 2.92. The van der Waals surface area contributed by atoms with Crippen LogP contribution in [0, 0.1) is 11.2 Å². The summed E-state index contributed by atoms with van der Waals surface area (Å²) in [5, 5.41) is 12.5. The fraction of sp³-hybridized carbons (Fsp3) is 0.435. The fourth-order valence-electron chi connectivity index (χ4n) is 4.62. The lowest BCUT2D eigenvalue weighted by Crippen LogP contribution is -2.52. The first-order chi connectivity index (χ1) is 15.1. The largest absolute Gasteiger partial charge is 0.480 e. The van der Waals surface area contributed by atoms with E-state index in [0.717, 1.165) is 24.3 Å². The van der Waals surface area contributed by atoms with Crippen molar-refractivity contribution in [2.45, 2.75) is 56.9 Å². The molecule has 0 aromatic heterocycles. The van der Waals surface area contributed by atoms with E-state index in [2.05, 4.69) is 5.32 Å². The van der Waals surface area contributed by atoms with Gasteiger partial charge in [0.2, 0.25) is 0 Å². The molecule has 180 valence electrons. The second-order valence-electron chi connectivity index (χ2n) is 9.57. The number of carboxylic acid groups (broad SMARTS) is 1. The highest BCUT2D eigenvalue weighted by atomic mass is 35.5. The second-order valence-corrected chi connectivity index (χ2v) is 10.4. The molecule has 1 unspecified atom stereocenters. The Labute approximate surface area is 199 Å². The Bertz CT molecular complexity index is 1070. The van der Waals surface area contributed by atoms with E-state index in [9.17, 15) is 23.1 Å². The van der Waals surface area contributed by atoms with Crippen molar-refractivity contribution in [3.05, 3.63) is 69.0 Å². The summed E-state index contributed by atoms with van der Waals surface area (Å²) in [5.41, 5.74) is 4.03. The number of hydrogen-bond donors (Lipinski definition) is 3. The van der Waals surface area contributed by atoms with Crippen LogP contribution in [0.25, 0.3) is 0 Å². The molecule has 0 amide bonds. The highest BCUT2D eigenvalue weighted by Gasteiger charge is 2.58. The van der Waals surface area contributed by atoms with E-state index in [1.807, 2.05) is 20.8 Å². The Morgan fingerprint density at radius 1 is 1.15 bits per heavy atom. The number of carboxylic acids is 1. The van der Waals surface area contributed by atoms with Gasteiger partial charge in [0.25, 0.3) is 0 Å². The highest BCUT2D eigenvalue weighted by molar-refractivity contribution is 6.31. The smallest absolute Gasteiger partial charge is 0.417 e. The lowest BCUT2D eigenvalue weighted by Gasteiger charge is -2.39. The van der Waals surface area contributed by atoms with Gasteiger partial charge in [0.15, 0.2) is 0 Å². The number of carbonyl (C=O) groups is 1. The van der Waals surface area contributed by atoms with E-state index in [-0.39, 0.29) is 21.6 Å². The molecule has 0 spiro atoms. The lowest BCUT2D eigenvalue weighted by atomic mass is 9.68. The van der Waals surface area contributed by atoms with E-state index in [4.69, 9.17) is 28.9 Å². The molecular weight excluding hydrogens is 483 g/mol. The second kappa shape index (κ2) is 8.73. The maximum atomic E-state index is 15.2. The Morgan fingerprint density at radius 2 is 1.79 bits per heavy atom. The molecule has 1 aliphatic rings. The molecule has 33 heavy (non-hydrogen) atoms. The molecule has 3 rings (SSSR count). The van der Waals surface area contributed by atoms with Crippen molar-refractivity contribution in [1.82, 2.24) is 5.32 Å². The molecular formula is C23H24Cl2F4N2O2. The molecule has 2 aromatic rings. The van der Waals surface area contributed by atoms with Gasteiger partial charge in [-0.1, -0.05) is 56.1 Å². The zero-order chi connectivity index (χ0) is 24.9. The number of nitrogens with two attached hydrogens (primary N) is 1. The van der Waals surface area contributed by atoms with Gasteiger partial charge in [-0.25, -0.2) is 4.39 Å². The van der Waals surface area contributed by atoms with Crippen LogP contribution in [0.2, 0.25) is 10.0 Å². The lowest BCUT2D eigenvalue weighted by molar-refractivity contribution is -0.140. The molecule has 1 fully saturated rings. The van der Waals surface area contributed by atoms with Gasteiger partial charge < -0.3 is 10.8 Å². The van der Waals surface area contributed by atoms with Gasteiger partial charge in [-0.3, -0.25) is 10.1 Å². The van der Waals surface area contributed by atoms with E-state index in [0.29, 0.717) is 6.42 Å². The van der Waals surface area contributed by atoms with Gasteiger partial charge in [-0.2, -0.15) is 13.2 Å². The number of alkyl halides is 3. The molecule has 0 saturated carbocycles. The Hall–Kier alpha value is -1.87. The summed E-state index contributed by atoms with van der Waals surface area (Å²) in [5.74, 6) is -3.13. The first kappa shape index (κ1) is 25.7. The monoisotopic (exact) mass is 506 g/mol. The van der Waals surface area contributed by atoms with Crippen LogP contribution >= 0.6 is 23.2 Å². The number of benzene rings is 2. The molecule has 4 nitrogen and oxygen atoms in total. The van der Waals surface area contributed by atoms with Gasteiger partial charge in [-0.05, 0) is 41.7 Å². The quantitative estimate of drug-likeness (QED) is 0.447. The minimum absolute atomic E-state index is 0.0124. The van der Waals surface area contributed by atoms with Crippen LogP contribution in [-0.4, -0.2) is 23.2 Å². The van der Waals surface area contributed by atoms with Gasteiger partial charge in [0.05, 0.1) is 16.1 Å². The minimum atomic E-state index is -4.69. The Kier molecular flexibility index (Phi) is 6.81. The number of halogens is 6. The highest BCUT2D eigenvalue weighted by Crippen LogP contribution is 2.49. The van der Waals surface area contributed by atoms with Gasteiger partial charge in [0.1, 0.15) is 11.9 Å². The molecule has 1 heterocycles. The van der Waals surface area contributed by atoms with Gasteiger partial charge >= 0.3 is 12.1 Å². The van der Waals surface area contributed by atoms with Crippen molar-refractivity contribution in [3.8, 4) is 0 Å². The fourth-order valence-corrected chi connectivity index (χ4v) is 5.07. The van der Waals surface area contributed by atoms with Crippen LogP contribution in [-0.2, 0) is 16.5 Å². The number of hydrogen-bond acceptors (Lipinski definition) is 3. The number of nitrogens with one attached hydrogen (secondary N) is 1. The SMILES string of the molecule is CC(C)(C)C[C@@H]1N[C@@H](C(=O)O)[C@H](c2ccc(C(F)(F)F)c(Cl)c2)C1(N)c1ccc(Cl)cc1F. The Morgan fingerprint density at radius 3 is 2.27 bits per heavy atom. The normalized spacial score (nSPS) is 25.9. The van der Waals surface area contributed by atoms with Crippen molar-refractivity contribution in [2.75, 3.05) is 0 Å². The average molecular weight is 507 g/mol. The molecule has 2 aromatic carbocycles. The summed E-state index contributed by atoms with van der Waals surface area (Å²) < 4.78 is 54.9. The molecule has 1 aliphatic heterocycles. The predicted octanol–water partition coefficient (Wildman–Crippen LogP) is 5.95. The van der Waals surface area contributed by atoms with E-state index < -0.39 is 52.1 Å². The van der Waals surface area contributed by atoms with E-state index >= 15 is 4.39 Å². The standard InChI is InChI=1S/C23H24Cl2F4N2O2/c1-21(2,3)10-17-22(30,14-7-5-12(24)9-16(14)26)18(19(31-17)20(32)33)11-4-6-13(15(25)8-11)23(27,28)29/h4-9,17-19,31H,10,30H2,1-3H3,(H,32,33)/t17-,18-,19+,22?/m0/s1. The molecule has 0 radical (unpaired) electrons. The zero-order valence-corrected chi connectivity index (χ0v) is 19.6. The van der Waals surface area contributed by atoms with Crippen molar-refractivity contribution in [2.24, 2.45) is 11.1 Å². The van der Waals surface area contributed by atoms with Gasteiger partial charge in [0, 0.05) is 22.5 Å². The molecule has 0 bridgehead atoms. The summed E-state index contributed by atoms with van der Waals surface area (Å²) in [7, 11) is 0. The summed E-state index contributed by atoms with van der Waals surface area (Å²) in [6.45, 7) is 5.77. The van der Waals surface area contributed by atoms with Crippen molar-refractivity contribution in [1.29, 1.82) is 0 Å². The molecule has 4 atom stereocenters. The van der Waals surface area contributed by atoms with E-state index in [1.54, 1.807) is 0 Å². The van der Waals surface area contributed by atoms with Crippen LogP contribution in [0.3, 0.4) is 0 Å². The topological polar surface area (TPSA) is 75.3 Å². The Balaban J connectivity index is 2.27. The zero-order valence-electron chi connectivity index (χ0n) is 18.1. The number of aliphatic carboxylic acids is 1. The van der Waals surface area contributed by atoms with Crippen LogP contribution in [0.1, 0.15) is 49.8 Å². The van der Waals surface area contributed by atoms with Crippen LogP contribution in [0.15, 0.2) is 36.4 Å². The van der Waals surface area contributed by atoms with Crippen LogP contribution in [0.4, 0.5) is 17.6 Å². The first-order valence-electron chi connectivity index (χ1n) is 10.2. The third-order valence-corrected chi connectivity index (χ3v) is 6.49. The molecule has 1 saturated heterocycles. The summed E-state index contributed by atoms with van der Waals surface area (Å²) in [6.07, 6.45) is -4.33.